The maximum Gasteiger partial charge on any atom is 0.273 e. The van der Waals surface area contributed by atoms with Crippen LogP contribution in [-0.4, -0.2) is 39.2 Å². The molecule has 1 aromatic heterocycles. The Hall–Kier alpha value is -2.28. The Bertz CT molecular complexity index is 637. The number of aromatic nitrogens is 3. The number of amides is 1. The summed E-state index contributed by atoms with van der Waals surface area (Å²) in [5, 5.41) is 19.4. The zero-order valence-corrected chi connectivity index (χ0v) is 12.6. The van der Waals surface area contributed by atoms with Crippen molar-refractivity contribution in [3.05, 3.63) is 42.0 Å². The van der Waals surface area contributed by atoms with Gasteiger partial charge < -0.3 is 10.4 Å². The molecule has 0 bridgehead atoms. The van der Waals surface area contributed by atoms with Gasteiger partial charge in [0.1, 0.15) is 5.82 Å². The van der Waals surface area contributed by atoms with Gasteiger partial charge in [0.2, 0.25) is 0 Å². The molecule has 0 fully saturated rings. The molecule has 0 aliphatic carbocycles. The number of rotatable bonds is 6. The highest BCUT2D eigenvalue weighted by molar-refractivity contribution is 5.91. The topological polar surface area (TPSA) is 80.0 Å². The van der Waals surface area contributed by atoms with Crippen LogP contribution in [-0.2, 0) is 0 Å². The summed E-state index contributed by atoms with van der Waals surface area (Å²) in [7, 11) is 0. The molecule has 1 aromatic carbocycles. The van der Waals surface area contributed by atoms with E-state index in [4.69, 9.17) is 5.11 Å². The number of halogens is 1. The lowest BCUT2D eigenvalue weighted by molar-refractivity contribution is 0.0923. The van der Waals surface area contributed by atoms with Crippen LogP contribution in [0.4, 0.5) is 4.39 Å². The normalized spacial score (nSPS) is 11.5. The van der Waals surface area contributed by atoms with Crippen molar-refractivity contribution < 1.29 is 14.3 Å². The Morgan fingerprint density at radius 1 is 1.36 bits per heavy atom. The van der Waals surface area contributed by atoms with E-state index in [1.165, 1.54) is 23.0 Å². The van der Waals surface area contributed by atoms with Crippen LogP contribution in [0, 0.1) is 11.2 Å². The van der Waals surface area contributed by atoms with E-state index < -0.39 is 0 Å². The van der Waals surface area contributed by atoms with Gasteiger partial charge in [0.25, 0.3) is 5.91 Å². The molecule has 7 heteroatoms. The Kier molecular flexibility index (Phi) is 4.87. The number of carbonyl (C=O) groups is 1. The highest BCUT2D eigenvalue weighted by atomic mass is 19.1. The summed E-state index contributed by atoms with van der Waals surface area (Å²) in [4.78, 5) is 12.0. The maximum absolute atomic E-state index is 12.9. The van der Waals surface area contributed by atoms with Gasteiger partial charge in [0.05, 0.1) is 11.9 Å². The largest absolute Gasteiger partial charge is 0.396 e. The minimum Gasteiger partial charge on any atom is -0.396 e. The molecule has 0 saturated carbocycles. The van der Waals surface area contributed by atoms with Crippen LogP contribution in [0.3, 0.4) is 0 Å². The average molecular weight is 306 g/mol. The summed E-state index contributed by atoms with van der Waals surface area (Å²) in [6.45, 7) is 4.41. The van der Waals surface area contributed by atoms with Crippen LogP contribution in [0.2, 0.25) is 0 Å². The van der Waals surface area contributed by atoms with Crippen molar-refractivity contribution in [1.29, 1.82) is 0 Å². The van der Waals surface area contributed by atoms with Crippen LogP contribution >= 0.6 is 0 Å². The van der Waals surface area contributed by atoms with Gasteiger partial charge in [0, 0.05) is 13.2 Å². The van der Waals surface area contributed by atoms with Crippen LogP contribution in [0.25, 0.3) is 5.69 Å². The second kappa shape index (κ2) is 6.65. The van der Waals surface area contributed by atoms with E-state index in [-0.39, 0.29) is 29.4 Å². The average Bonchev–Trinajstić information content (AvgIpc) is 2.95. The molecule has 22 heavy (non-hydrogen) atoms. The van der Waals surface area contributed by atoms with Gasteiger partial charge in [-0.1, -0.05) is 19.1 Å². The monoisotopic (exact) mass is 306 g/mol. The molecule has 0 atom stereocenters. The third kappa shape index (κ3) is 4.11. The fraction of sp³-hybridized carbons (Fsp3) is 0.400. The molecule has 6 nitrogen and oxygen atoms in total. The summed E-state index contributed by atoms with van der Waals surface area (Å²) >= 11 is 0. The predicted octanol–water partition coefficient (Wildman–Crippen LogP) is 1.54. The van der Waals surface area contributed by atoms with Crippen LogP contribution in [0.5, 0.6) is 0 Å². The molecular weight excluding hydrogens is 287 g/mol. The molecule has 0 saturated heterocycles. The molecule has 118 valence electrons. The lowest BCUT2D eigenvalue weighted by Gasteiger charge is -2.23. The maximum atomic E-state index is 12.9. The minimum absolute atomic E-state index is 0.0730. The van der Waals surface area contributed by atoms with E-state index in [2.05, 4.69) is 15.6 Å². The Morgan fingerprint density at radius 2 is 2.05 bits per heavy atom. The van der Waals surface area contributed by atoms with E-state index in [1.54, 1.807) is 12.1 Å². The standard InChI is InChI=1S/C15H19FN4O2/c1-15(2,7-8-21)10-17-14(22)13-9-20(19-18-13)12-5-3-11(16)4-6-12/h3-6,9,21H,7-8,10H2,1-2H3,(H,17,22). The minimum atomic E-state index is -0.340. The number of benzene rings is 1. The first kappa shape index (κ1) is 16.1. The zero-order valence-electron chi connectivity index (χ0n) is 12.6. The van der Waals surface area contributed by atoms with Crippen molar-refractivity contribution >= 4 is 5.91 Å². The van der Waals surface area contributed by atoms with E-state index in [1.807, 2.05) is 13.8 Å². The molecular formula is C15H19FN4O2. The number of aliphatic hydroxyl groups is 1. The van der Waals surface area contributed by atoms with Crippen molar-refractivity contribution in [2.45, 2.75) is 20.3 Å². The molecule has 1 heterocycles. The fourth-order valence-electron chi connectivity index (χ4n) is 1.89. The summed E-state index contributed by atoms with van der Waals surface area (Å²) in [5.41, 5.74) is 0.606. The lowest BCUT2D eigenvalue weighted by atomic mass is 9.90. The van der Waals surface area contributed by atoms with Gasteiger partial charge in [0.15, 0.2) is 5.69 Å². The van der Waals surface area contributed by atoms with Gasteiger partial charge in [-0.15, -0.1) is 5.10 Å². The van der Waals surface area contributed by atoms with E-state index >= 15 is 0 Å². The number of hydrogen-bond donors (Lipinski definition) is 2. The van der Waals surface area contributed by atoms with Gasteiger partial charge in [-0.3, -0.25) is 4.79 Å². The first-order chi connectivity index (χ1) is 10.4. The highest BCUT2D eigenvalue weighted by Gasteiger charge is 2.19. The molecule has 0 aliphatic rings. The number of nitrogens with zero attached hydrogens (tertiary/aromatic N) is 3. The molecule has 0 radical (unpaired) electrons. The van der Waals surface area contributed by atoms with Crippen molar-refractivity contribution in [2.75, 3.05) is 13.2 Å². The second-order valence-corrected chi connectivity index (χ2v) is 5.85. The van der Waals surface area contributed by atoms with Crippen molar-refractivity contribution in [3.63, 3.8) is 0 Å². The summed E-state index contributed by atoms with van der Waals surface area (Å²) < 4.78 is 14.3. The number of aliphatic hydroxyl groups excluding tert-OH is 1. The SMILES string of the molecule is CC(C)(CCO)CNC(=O)c1cn(-c2ccc(F)cc2)nn1. The second-order valence-electron chi connectivity index (χ2n) is 5.85. The van der Waals surface area contributed by atoms with E-state index in [0.717, 1.165) is 0 Å². The summed E-state index contributed by atoms with van der Waals surface area (Å²) in [6.07, 6.45) is 2.08. The van der Waals surface area contributed by atoms with Crippen molar-refractivity contribution in [1.82, 2.24) is 20.3 Å². The van der Waals surface area contributed by atoms with Gasteiger partial charge in [-0.25, -0.2) is 9.07 Å². The summed E-state index contributed by atoms with van der Waals surface area (Å²) in [5.74, 6) is -0.674. The van der Waals surface area contributed by atoms with E-state index in [0.29, 0.717) is 18.7 Å². The smallest absolute Gasteiger partial charge is 0.273 e. The molecule has 0 aliphatic heterocycles. The first-order valence-corrected chi connectivity index (χ1v) is 6.99. The quantitative estimate of drug-likeness (QED) is 0.848. The molecule has 2 rings (SSSR count). The third-order valence-electron chi connectivity index (χ3n) is 3.33. The molecule has 2 N–H and O–H groups in total. The number of carbonyl (C=O) groups excluding carboxylic acids is 1. The van der Waals surface area contributed by atoms with Gasteiger partial charge >= 0.3 is 0 Å². The van der Waals surface area contributed by atoms with Crippen LogP contribution < -0.4 is 5.32 Å². The van der Waals surface area contributed by atoms with Crippen molar-refractivity contribution in [2.24, 2.45) is 5.41 Å². The predicted molar refractivity (Wildman–Crippen MR) is 79.1 cm³/mol. The van der Waals surface area contributed by atoms with Crippen LogP contribution in [0.15, 0.2) is 30.5 Å². The Morgan fingerprint density at radius 3 is 2.68 bits per heavy atom. The Labute approximate surface area is 128 Å². The molecule has 0 unspecified atom stereocenters. The van der Waals surface area contributed by atoms with Gasteiger partial charge in [-0.05, 0) is 36.1 Å². The Balaban J connectivity index is 2.02. The van der Waals surface area contributed by atoms with Crippen molar-refractivity contribution in [3.8, 4) is 5.69 Å². The van der Waals surface area contributed by atoms with E-state index in [9.17, 15) is 9.18 Å². The molecule has 1 amide bonds. The van der Waals surface area contributed by atoms with Crippen LogP contribution in [0.1, 0.15) is 30.8 Å². The molecule has 0 spiro atoms. The lowest BCUT2D eigenvalue weighted by Crippen LogP contribution is -2.34. The zero-order chi connectivity index (χ0) is 16.2. The fourth-order valence-corrected chi connectivity index (χ4v) is 1.89. The summed E-state index contributed by atoms with van der Waals surface area (Å²) in [6, 6.07) is 5.73. The molecule has 2 aromatic rings. The highest BCUT2D eigenvalue weighted by Crippen LogP contribution is 2.18. The number of nitrogens with one attached hydrogen (secondary N) is 1. The number of hydrogen-bond acceptors (Lipinski definition) is 4. The third-order valence-corrected chi connectivity index (χ3v) is 3.33. The van der Waals surface area contributed by atoms with Gasteiger partial charge in [-0.2, -0.15) is 0 Å². The first-order valence-electron chi connectivity index (χ1n) is 6.99.